The molecular formula is C7H11NOS. The topological polar surface area (TPSA) is 23.5 Å². The Kier molecular flexibility index (Phi) is 2.71. The second-order valence-electron chi connectivity index (χ2n) is 2.10. The summed E-state index contributed by atoms with van der Waals surface area (Å²) in [5, 5.41) is 11.8. The number of thiophene rings is 1. The minimum absolute atomic E-state index is 0.217. The third-order valence-electron chi connectivity index (χ3n) is 1.32. The van der Waals surface area contributed by atoms with Crippen molar-refractivity contribution in [3.8, 4) is 0 Å². The van der Waals surface area contributed by atoms with Gasteiger partial charge in [-0.2, -0.15) is 0 Å². The van der Waals surface area contributed by atoms with Crippen LogP contribution in [-0.2, 0) is 0 Å². The molecule has 0 amide bonds. The lowest BCUT2D eigenvalue weighted by molar-refractivity contribution is 0.304. The van der Waals surface area contributed by atoms with Crippen molar-refractivity contribution in [1.82, 2.24) is 0 Å². The van der Waals surface area contributed by atoms with Gasteiger partial charge in [-0.25, -0.2) is 0 Å². The van der Waals surface area contributed by atoms with Crippen LogP contribution in [0.4, 0.5) is 5.00 Å². The van der Waals surface area contributed by atoms with E-state index in [0.717, 1.165) is 0 Å². The highest BCUT2D eigenvalue weighted by molar-refractivity contribution is 7.14. The monoisotopic (exact) mass is 157 g/mol. The maximum Gasteiger partial charge on any atom is 0.0906 e. The van der Waals surface area contributed by atoms with E-state index in [0.29, 0.717) is 6.54 Å². The Morgan fingerprint density at radius 2 is 2.50 bits per heavy atom. The minimum atomic E-state index is 0.217. The molecular weight excluding hydrogens is 146 g/mol. The maximum atomic E-state index is 8.60. The van der Waals surface area contributed by atoms with Crippen LogP contribution in [0.25, 0.3) is 0 Å². The molecule has 0 fully saturated rings. The fourth-order valence-corrected chi connectivity index (χ4v) is 1.47. The van der Waals surface area contributed by atoms with Crippen molar-refractivity contribution in [2.24, 2.45) is 0 Å². The Labute approximate surface area is 64.7 Å². The summed E-state index contributed by atoms with van der Waals surface area (Å²) in [4.78, 5) is 2.03. The zero-order chi connectivity index (χ0) is 7.40. The van der Waals surface area contributed by atoms with Gasteiger partial charge in [0.2, 0.25) is 0 Å². The van der Waals surface area contributed by atoms with Gasteiger partial charge in [0.05, 0.1) is 11.6 Å². The summed E-state index contributed by atoms with van der Waals surface area (Å²) in [6, 6.07) is 4.05. The number of hydrogen-bond donors (Lipinski definition) is 1. The van der Waals surface area contributed by atoms with Crippen molar-refractivity contribution >= 4 is 16.3 Å². The number of hydrogen-bond acceptors (Lipinski definition) is 3. The number of aliphatic hydroxyl groups is 1. The van der Waals surface area contributed by atoms with Crippen LogP contribution in [0.1, 0.15) is 0 Å². The van der Waals surface area contributed by atoms with E-state index in [1.54, 1.807) is 11.3 Å². The molecule has 0 bridgehead atoms. The molecule has 10 heavy (non-hydrogen) atoms. The normalized spacial score (nSPS) is 9.80. The standard InChI is InChI=1S/C7H11NOS/c1-8(4-5-9)7-3-2-6-10-7/h2-3,6,9H,4-5H2,1H3. The third kappa shape index (κ3) is 1.72. The van der Waals surface area contributed by atoms with Crippen LogP contribution < -0.4 is 4.90 Å². The highest BCUT2D eigenvalue weighted by atomic mass is 32.1. The van der Waals surface area contributed by atoms with Gasteiger partial charge in [0.1, 0.15) is 0 Å². The van der Waals surface area contributed by atoms with Crippen LogP contribution in [0.2, 0.25) is 0 Å². The molecule has 2 nitrogen and oxygen atoms in total. The van der Waals surface area contributed by atoms with Gasteiger partial charge in [0.25, 0.3) is 0 Å². The Hall–Kier alpha value is -0.540. The molecule has 0 radical (unpaired) electrons. The van der Waals surface area contributed by atoms with Crippen molar-refractivity contribution in [2.75, 3.05) is 25.1 Å². The number of nitrogens with zero attached hydrogens (tertiary/aromatic N) is 1. The molecule has 56 valence electrons. The number of anilines is 1. The molecule has 1 aromatic rings. The quantitative estimate of drug-likeness (QED) is 0.712. The molecule has 0 spiro atoms. The Morgan fingerprint density at radius 1 is 1.70 bits per heavy atom. The SMILES string of the molecule is CN(CCO)c1cccs1. The predicted molar refractivity (Wildman–Crippen MR) is 44.7 cm³/mol. The second-order valence-corrected chi connectivity index (χ2v) is 3.02. The first-order chi connectivity index (χ1) is 4.84. The fraction of sp³-hybridized carbons (Fsp3) is 0.429. The van der Waals surface area contributed by atoms with Crippen molar-refractivity contribution in [3.05, 3.63) is 17.5 Å². The van der Waals surface area contributed by atoms with E-state index in [2.05, 4.69) is 0 Å². The smallest absolute Gasteiger partial charge is 0.0906 e. The third-order valence-corrected chi connectivity index (χ3v) is 2.30. The average molecular weight is 157 g/mol. The Bertz CT molecular complexity index is 174. The van der Waals surface area contributed by atoms with E-state index in [-0.39, 0.29) is 6.61 Å². The van der Waals surface area contributed by atoms with Gasteiger partial charge in [-0.3, -0.25) is 0 Å². The minimum Gasteiger partial charge on any atom is -0.395 e. The first kappa shape index (κ1) is 7.57. The first-order valence-corrected chi connectivity index (χ1v) is 4.08. The largest absolute Gasteiger partial charge is 0.395 e. The summed E-state index contributed by atoms with van der Waals surface area (Å²) in [6.45, 7) is 0.926. The van der Waals surface area contributed by atoms with E-state index >= 15 is 0 Å². The van der Waals surface area contributed by atoms with E-state index < -0.39 is 0 Å². The van der Waals surface area contributed by atoms with Crippen LogP contribution in [0.15, 0.2) is 17.5 Å². The molecule has 0 aliphatic carbocycles. The molecule has 0 aliphatic heterocycles. The van der Waals surface area contributed by atoms with Crippen LogP contribution in [0.3, 0.4) is 0 Å². The molecule has 3 heteroatoms. The van der Waals surface area contributed by atoms with Gasteiger partial charge in [-0.1, -0.05) is 0 Å². The second kappa shape index (κ2) is 3.58. The lowest BCUT2D eigenvalue weighted by Gasteiger charge is -2.14. The first-order valence-electron chi connectivity index (χ1n) is 3.20. The number of aliphatic hydroxyl groups excluding tert-OH is 1. The lowest BCUT2D eigenvalue weighted by atomic mass is 10.5. The van der Waals surface area contributed by atoms with E-state index in [1.807, 2.05) is 29.5 Å². The summed E-state index contributed by atoms with van der Waals surface area (Å²) in [6.07, 6.45) is 0. The van der Waals surface area contributed by atoms with Crippen LogP contribution >= 0.6 is 11.3 Å². The summed E-state index contributed by atoms with van der Waals surface area (Å²) in [5.74, 6) is 0. The molecule has 0 saturated heterocycles. The molecule has 1 aromatic heterocycles. The zero-order valence-corrected chi connectivity index (χ0v) is 6.77. The summed E-state index contributed by atoms with van der Waals surface area (Å²) >= 11 is 1.69. The number of rotatable bonds is 3. The van der Waals surface area contributed by atoms with Gasteiger partial charge in [0, 0.05) is 13.6 Å². The van der Waals surface area contributed by atoms with Gasteiger partial charge >= 0.3 is 0 Å². The maximum absolute atomic E-state index is 8.60. The molecule has 1 rings (SSSR count). The summed E-state index contributed by atoms with van der Waals surface area (Å²) in [7, 11) is 1.97. The van der Waals surface area contributed by atoms with Gasteiger partial charge < -0.3 is 10.0 Å². The van der Waals surface area contributed by atoms with Gasteiger partial charge in [-0.05, 0) is 17.5 Å². The summed E-state index contributed by atoms with van der Waals surface area (Å²) in [5.41, 5.74) is 0. The van der Waals surface area contributed by atoms with Crippen LogP contribution in [-0.4, -0.2) is 25.3 Å². The van der Waals surface area contributed by atoms with Crippen molar-refractivity contribution in [2.45, 2.75) is 0 Å². The van der Waals surface area contributed by atoms with E-state index in [4.69, 9.17) is 5.11 Å². The van der Waals surface area contributed by atoms with Crippen LogP contribution in [0.5, 0.6) is 0 Å². The molecule has 1 heterocycles. The Balaban J connectivity index is 2.50. The highest BCUT2D eigenvalue weighted by Gasteiger charge is 1.97. The van der Waals surface area contributed by atoms with Crippen molar-refractivity contribution in [3.63, 3.8) is 0 Å². The zero-order valence-electron chi connectivity index (χ0n) is 5.95. The molecule has 0 atom stereocenters. The molecule has 0 saturated carbocycles. The van der Waals surface area contributed by atoms with E-state index in [9.17, 15) is 0 Å². The molecule has 0 aromatic carbocycles. The van der Waals surface area contributed by atoms with Crippen LogP contribution in [0, 0.1) is 0 Å². The highest BCUT2D eigenvalue weighted by Crippen LogP contribution is 2.18. The predicted octanol–water partition coefficient (Wildman–Crippen LogP) is 1.18. The number of likely N-dealkylation sites (N-methyl/N-ethyl adjacent to an activating group) is 1. The lowest BCUT2D eigenvalue weighted by Crippen LogP contribution is -2.19. The van der Waals surface area contributed by atoms with Gasteiger partial charge in [0.15, 0.2) is 0 Å². The molecule has 0 unspecified atom stereocenters. The fourth-order valence-electron chi connectivity index (χ4n) is 0.747. The Morgan fingerprint density at radius 3 is 3.00 bits per heavy atom. The van der Waals surface area contributed by atoms with E-state index in [1.165, 1.54) is 5.00 Å². The van der Waals surface area contributed by atoms with Crippen molar-refractivity contribution < 1.29 is 5.11 Å². The molecule has 0 aliphatic rings. The summed E-state index contributed by atoms with van der Waals surface area (Å²) < 4.78 is 0. The van der Waals surface area contributed by atoms with Crippen molar-refractivity contribution in [1.29, 1.82) is 0 Å². The van der Waals surface area contributed by atoms with Gasteiger partial charge in [-0.15, -0.1) is 11.3 Å². The molecule has 1 N–H and O–H groups in total. The average Bonchev–Trinajstić information content (AvgIpc) is 2.38.